The van der Waals surface area contributed by atoms with Gasteiger partial charge in [0.15, 0.2) is 5.78 Å². The third-order valence-electron chi connectivity index (χ3n) is 2.61. The van der Waals surface area contributed by atoms with E-state index in [0.29, 0.717) is 24.6 Å². The fraction of sp³-hybridized carbons (Fsp3) is 0.727. The molecule has 0 bridgehead atoms. The summed E-state index contributed by atoms with van der Waals surface area (Å²) < 4.78 is 1.51. The van der Waals surface area contributed by atoms with Crippen LogP contribution in [-0.2, 0) is 7.05 Å². The molecule has 2 N–H and O–H groups in total. The number of ketones is 1. The molecule has 1 heterocycles. The molecule has 0 amide bonds. The van der Waals surface area contributed by atoms with Gasteiger partial charge in [-0.3, -0.25) is 4.79 Å². The molecule has 1 rings (SSSR count). The van der Waals surface area contributed by atoms with Crippen LogP contribution >= 0.6 is 0 Å². The summed E-state index contributed by atoms with van der Waals surface area (Å²) >= 11 is 0. The van der Waals surface area contributed by atoms with Gasteiger partial charge < -0.3 is 5.73 Å². The van der Waals surface area contributed by atoms with Crippen LogP contribution in [0.5, 0.6) is 0 Å². The van der Waals surface area contributed by atoms with Crippen LogP contribution < -0.4 is 5.73 Å². The highest BCUT2D eigenvalue weighted by Crippen LogP contribution is 2.16. The van der Waals surface area contributed by atoms with Gasteiger partial charge in [-0.05, 0) is 24.8 Å². The molecule has 1 aromatic heterocycles. The fourth-order valence-electron chi connectivity index (χ4n) is 1.84. The maximum absolute atomic E-state index is 11.9. The van der Waals surface area contributed by atoms with Gasteiger partial charge in [-0.25, -0.2) is 4.68 Å². The Morgan fingerprint density at radius 3 is 2.69 bits per heavy atom. The van der Waals surface area contributed by atoms with Crippen LogP contribution in [0.1, 0.15) is 37.2 Å². The number of hydrogen-bond donors (Lipinski definition) is 1. The standard InChI is InChI=1S/C11H20N4O/c1-8(2)4-9(6-12)5-11(16)10-7-13-14-15(10)3/h7-9H,4-6,12H2,1-3H3. The van der Waals surface area contributed by atoms with Crippen molar-refractivity contribution in [3.8, 4) is 0 Å². The Kier molecular flexibility index (Phi) is 4.61. The summed E-state index contributed by atoms with van der Waals surface area (Å²) in [7, 11) is 1.72. The van der Waals surface area contributed by atoms with E-state index >= 15 is 0 Å². The number of carbonyl (C=O) groups is 1. The van der Waals surface area contributed by atoms with Crippen LogP contribution in [-0.4, -0.2) is 27.3 Å². The molecule has 1 aromatic rings. The van der Waals surface area contributed by atoms with Crippen molar-refractivity contribution in [3.63, 3.8) is 0 Å². The average molecular weight is 224 g/mol. The molecule has 1 atom stereocenters. The third-order valence-corrected chi connectivity index (χ3v) is 2.61. The van der Waals surface area contributed by atoms with Crippen molar-refractivity contribution in [1.82, 2.24) is 15.0 Å². The maximum Gasteiger partial charge on any atom is 0.182 e. The van der Waals surface area contributed by atoms with Gasteiger partial charge in [-0.15, -0.1) is 5.10 Å². The number of Topliss-reactive ketones (excluding diaryl/α,β-unsaturated/α-hetero) is 1. The molecule has 0 saturated carbocycles. The van der Waals surface area contributed by atoms with Gasteiger partial charge in [0, 0.05) is 13.5 Å². The zero-order chi connectivity index (χ0) is 12.1. The minimum Gasteiger partial charge on any atom is -0.330 e. The fourth-order valence-corrected chi connectivity index (χ4v) is 1.84. The predicted octanol–water partition coefficient (Wildman–Crippen LogP) is 1.01. The molecule has 90 valence electrons. The molecule has 16 heavy (non-hydrogen) atoms. The number of aromatic nitrogens is 3. The zero-order valence-corrected chi connectivity index (χ0v) is 10.2. The Morgan fingerprint density at radius 2 is 2.25 bits per heavy atom. The molecule has 0 saturated heterocycles. The van der Waals surface area contributed by atoms with Gasteiger partial charge in [0.25, 0.3) is 0 Å². The number of carbonyl (C=O) groups excluding carboxylic acids is 1. The molecule has 0 aromatic carbocycles. The molecule has 1 unspecified atom stereocenters. The Labute approximate surface area is 96.0 Å². The van der Waals surface area contributed by atoms with E-state index in [1.807, 2.05) is 0 Å². The summed E-state index contributed by atoms with van der Waals surface area (Å²) in [6.07, 6.45) is 2.97. The van der Waals surface area contributed by atoms with E-state index in [-0.39, 0.29) is 11.7 Å². The molecule has 5 heteroatoms. The Balaban J connectivity index is 2.59. The SMILES string of the molecule is CC(C)CC(CN)CC(=O)c1cnnn1C. The molecule has 0 radical (unpaired) electrons. The summed E-state index contributed by atoms with van der Waals surface area (Å²) in [5, 5.41) is 7.44. The number of hydrogen-bond acceptors (Lipinski definition) is 4. The molecule has 5 nitrogen and oxygen atoms in total. The van der Waals surface area contributed by atoms with Crippen molar-refractivity contribution in [1.29, 1.82) is 0 Å². The minimum atomic E-state index is 0.0728. The first-order chi connectivity index (χ1) is 7.54. The topological polar surface area (TPSA) is 73.8 Å². The summed E-state index contributed by atoms with van der Waals surface area (Å²) in [5.41, 5.74) is 6.23. The smallest absolute Gasteiger partial charge is 0.182 e. The second-order valence-corrected chi connectivity index (χ2v) is 4.60. The Morgan fingerprint density at radius 1 is 1.56 bits per heavy atom. The molecular weight excluding hydrogens is 204 g/mol. The van der Waals surface area contributed by atoms with Gasteiger partial charge in [-0.1, -0.05) is 19.1 Å². The van der Waals surface area contributed by atoms with E-state index in [4.69, 9.17) is 5.73 Å². The van der Waals surface area contributed by atoms with Crippen LogP contribution in [0.2, 0.25) is 0 Å². The molecule has 0 aliphatic rings. The highest BCUT2D eigenvalue weighted by Gasteiger charge is 2.17. The number of nitrogens with zero attached hydrogens (tertiary/aromatic N) is 3. The van der Waals surface area contributed by atoms with Gasteiger partial charge in [0.1, 0.15) is 5.69 Å². The van der Waals surface area contributed by atoms with E-state index in [1.54, 1.807) is 7.05 Å². The van der Waals surface area contributed by atoms with Crippen LogP contribution in [0, 0.1) is 11.8 Å². The van der Waals surface area contributed by atoms with Crippen molar-refractivity contribution in [2.45, 2.75) is 26.7 Å². The van der Waals surface area contributed by atoms with Gasteiger partial charge >= 0.3 is 0 Å². The lowest BCUT2D eigenvalue weighted by Crippen LogP contribution is -2.21. The van der Waals surface area contributed by atoms with Crippen LogP contribution in [0.4, 0.5) is 0 Å². The van der Waals surface area contributed by atoms with Crippen LogP contribution in [0.15, 0.2) is 6.20 Å². The van der Waals surface area contributed by atoms with Crippen molar-refractivity contribution in [2.24, 2.45) is 24.6 Å². The van der Waals surface area contributed by atoms with E-state index in [0.717, 1.165) is 6.42 Å². The summed E-state index contributed by atoms with van der Waals surface area (Å²) in [6.45, 7) is 4.83. The predicted molar refractivity (Wildman–Crippen MR) is 61.9 cm³/mol. The largest absolute Gasteiger partial charge is 0.330 e. The van der Waals surface area contributed by atoms with E-state index in [1.165, 1.54) is 10.9 Å². The van der Waals surface area contributed by atoms with E-state index < -0.39 is 0 Å². The van der Waals surface area contributed by atoms with E-state index in [2.05, 4.69) is 24.2 Å². The van der Waals surface area contributed by atoms with Crippen molar-refractivity contribution in [2.75, 3.05) is 6.54 Å². The van der Waals surface area contributed by atoms with Gasteiger partial charge in [-0.2, -0.15) is 0 Å². The lowest BCUT2D eigenvalue weighted by Gasteiger charge is -2.15. The van der Waals surface area contributed by atoms with E-state index in [9.17, 15) is 4.79 Å². The van der Waals surface area contributed by atoms with Crippen molar-refractivity contribution < 1.29 is 4.79 Å². The first-order valence-electron chi connectivity index (χ1n) is 5.62. The lowest BCUT2D eigenvalue weighted by atomic mass is 9.92. The number of rotatable bonds is 6. The second-order valence-electron chi connectivity index (χ2n) is 4.60. The Hall–Kier alpha value is -1.23. The minimum absolute atomic E-state index is 0.0728. The molecule has 0 spiro atoms. The first-order valence-corrected chi connectivity index (χ1v) is 5.62. The third kappa shape index (κ3) is 3.41. The van der Waals surface area contributed by atoms with Crippen molar-refractivity contribution >= 4 is 5.78 Å². The van der Waals surface area contributed by atoms with Gasteiger partial charge in [0.2, 0.25) is 0 Å². The maximum atomic E-state index is 11.9. The van der Waals surface area contributed by atoms with Gasteiger partial charge in [0.05, 0.1) is 6.20 Å². The quantitative estimate of drug-likeness (QED) is 0.732. The monoisotopic (exact) mass is 224 g/mol. The second kappa shape index (κ2) is 5.75. The first kappa shape index (κ1) is 12.8. The Bertz CT molecular complexity index is 346. The number of aryl methyl sites for hydroxylation is 1. The highest BCUT2D eigenvalue weighted by molar-refractivity contribution is 5.94. The average Bonchev–Trinajstić information content (AvgIpc) is 2.62. The molecule has 0 aliphatic heterocycles. The molecular formula is C11H20N4O. The van der Waals surface area contributed by atoms with Crippen LogP contribution in [0.25, 0.3) is 0 Å². The molecule has 0 fully saturated rings. The zero-order valence-electron chi connectivity index (χ0n) is 10.2. The van der Waals surface area contributed by atoms with Crippen LogP contribution in [0.3, 0.4) is 0 Å². The highest BCUT2D eigenvalue weighted by atomic mass is 16.1. The van der Waals surface area contributed by atoms with Crippen molar-refractivity contribution in [3.05, 3.63) is 11.9 Å². The summed E-state index contributed by atoms with van der Waals surface area (Å²) in [4.78, 5) is 11.9. The molecule has 0 aliphatic carbocycles. The normalized spacial score (nSPS) is 13.1. The summed E-state index contributed by atoms with van der Waals surface area (Å²) in [6, 6.07) is 0. The summed E-state index contributed by atoms with van der Waals surface area (Å²) in [5.74, 6) is 0.886. The lowest BCUT2D eigenvalue weighted by molar-refractivity contribution is 0.0948. The number of nitrogens with two attached hydrogens (primary N) is 1.